The zero-order valence-electron chi connectivity index (χ0n) is 24.4. The van der Waals surface area contributed by atoms with Gasteiger partial charge in [0.1, 0.15) is 30.3 Å². The zero-order valence-corrected chi connectivity index (χ0v) is 24.4. The number of hydrogen-bond acceptors (Lipinski definition) is 4. The van der Waals surface area contributed by atoms with Gasteiger partial charge in [-0.3, -0.25) is 0 Å². The maximum Gasteiger partial charge on any atom is 0.333 e. The number of carbonyl (C=O) groups excluding carboxylic acids is 1. The molecule has 1 atom stereocenters. The second kappa shape index (κ2) is 14.0. The Balaban J connectivity index is 1.22. The predicted molar refractivity (Wildman–Crippen MR) is 162 cm³/mol. The number of fused-ring (bicyclic) bond motifs is 1. The first kappa shape index (κ1) is 29.2. The topological polar surface area (TPSA) is 44.8 Å². The van der Waals surface area contributed by atoms with Crippen LogP contribution in [0.1, 0.15) is 75.1 Å². The van der Waals surface area contributed by atoms with E-state index in [-0.39, 0.29) is 11.6 Å². The normalized spacial score (nSPS) is 17.1. The SMILES string of the molecule is C/C(=C\CC[C@]1(C)CCc2cc(OCc3ccccc3)cc(C)c2O1)CC/C=C(\C)C(=O)OCc1ccccc1. The molecule has 210 valence electrons. The van der Waals surface area contributed by atoms with Gasteiger partial charge in [-0.25, -0.2) is 4.79 Å². The van der Waals surface area contributed by atoms with Crippen LogP contribution < -0.4 is 9.47 Å². The number of aryl methyl sites for hydroxylation is 2. The first-order valence-electron chi connectivity index (χ1n) is 14.3. The number of rotatable bonds is 12. The quantitative estimate of drug-likeness (QED) is 0.131. The smallest absolute Gasteiger partial charge is 0.333 e. The third-order valence-corrected chi connectivity index (χ3v) is 7.53. The summed E-state index contributed by atoms with van der Waals surface area (Å²) < 4.78 is 18.1. The maximum absolute atomic E-state index is 12.3. The summed E-state index contributed by atoms with van der Waals surface area (Å²) in [7, 11) is 0. The molecular formula is C36H42O4. The molecule has 1 aliphatic heterocycles. The second-order valence-corrected chi connectivity index (χ2v) is 11.1. The third-order valence-electron chi connectivity index (χ3n) is 7.53. The number of allylic oxidation sites excluding steroid dienone is 3. The Labute approximate surface area is 239 Å². The lowest BCUT2D eigenvalue weighted by Crippen LogP contribution is -2.36. The number of esters is 1. The summed E-state index contributed by atoms with van der Waals surface area (Å²) >= 11 is 0. The van der Waals surface area contributed by atoms with Crippen molar-refractivity contribution in [3.8, 4) is 11.5 Å². The maximum atomic E-state index is 12.3. The Hall–Kier alpha value is -3.79. The highest BCUT2D eigenvalue weighted by atomic mass is 16.5. The second-order valence-electron chi connectivity index (χ2n) is 11.1. The van der Waals surface area contributed by atoms with Crippen LogP contribution in [0.5, 0.6) is 11.5 Å². The highest BCUT2D eigenvalue weighted by Crippen LogP contribution is 2.40. The van der Waals surface area contributed by atoms with E-state index >= 15 is 0 Å². The minimum Gasteiger partial charge on any atom is -0.489 e. The van der Waals surface area contributed by atoms with Crippen molar-refractivity contribution in [2.45, 2.75) is 85.0 Å². The van der Waals surface area contributed by atoms with Crippen molar-refractivity contribution in [2.75, 3.05) is 0 Å². The Bertz CT molecular complexity index is 1320. The van der Waals surface area contributed by atoms with Crippen molar-refractivity contribution in [1.29, 1.82) is 0 Å². The Morgan fingerprint density at radius 2 is 1.60 bits per heavy atom. The monoisotopic (exact) mass is 538 g/mol. The largest absolute Gasteiger partial charge is 0.489 e. The molecule has 0 saturated carbocycles. The first-order chi connectivity index (χ1) is 19.3. The van der Waals surface area contributed by atoms with Crippen LogP contribution in [0.2, 0.25) is 0 Å². The molecule has 0 bridgehead atoms. The summed E-state index contributed by atoms with van der Waals surface area (Å²) in [4.78, 5) is 12.3. The molecule has 4 heteroatoms. The fourth-order valence-electron chi connectivity index (χ4n) is 5.00. The Morgan fingerprint density at radius 3 is 2.30 bits per heavy atom. The van der Waals surface area contributed by atoms with Gasteiger partial charge in [-0.1, -0.05) is 78.4 Å². The van der Waals surface area contributed by atoms with E-state index in [4.69, 9.17) is 14.2 Å². The van der Waals surface area contributed by atoms with Crippen LogP contribution in [0.15, 0.2) is 96.1 Å². The molecule has 0 unspecified atom stereocenters. The summed E-state index contributed by atoms with van der Waals surface area (Å²) in [5.74, 6) is 1.67. The number of ether oxygens (including phenoxy) is 3. The Kier molecular flexibility index (Phi) is 10.2. The van der Waals surface area contributed by atoms with Gasteiger partial charge in [-0.15, -0.1) is 0 Å². The van der Waals surface area contributed by atoms with E-state index in [1.165, 1.54) is 11.1 Å². The molecule has 0 N–H and O–H groups in total. The van der Waals surface area contributed by atoms with Crippen molar-refractivity contribution < 1.29 is 19.0 Å². The minimum absolute atomic E-state index is 0.181. The van der Waals surface area contributed by atoms with E-state index in [0.717, 1.165) is 66.7 Å². The van der Waals surface area contributed by atoms with Gasteiger partial charge in [-0.2, -0.15) is 0 Å². The molecule has 1 aliphatic rings. The fraction of sp³-hybridized carbons (Fsp3) is 0.361. The summed E-state index contributed by atoms with van der Waals surface area (Å²) in [5, 5.41) is 0. The van der Waals surface area contributed by atoms with Gasteiger partial charge < -0.3 is 14.2 Å². The van der Waals surface area contributed by atoms with Crippen LogP contribution >= 0.6 is 0 Å². The molecule has 0 aliphatic carbocycles. The molecule has 0 saturated heterocycles. The molecule has 0 aromatic heterocycles. The molecule has 4 rings (SSSR count). The van der Waals surface area contributed by atoms with E-state index in [1.807, 2.05) is 61.5 Å². The van der Waals surface area contributed by atoms with Crippen molar-refractivity contribution in [2.24, 2.45) is 0 Å². The first-order valence-corrected chi connectivity index (χ1v) is 14.3. The van der Waals surface area contributed by atoms with Crippen molar-refractivity contribution in [1.82, 2.24) is 0 Å². The summed E-state index contributed by atoms with van der Waals surface area (Å²) in [6.45, 7) is 9.19. The number of hydrogen-bond donors (Lipinski definition) is 0. The fourth-order valence-corrected chi connectivity index (χ4v) is 5.00. The highest BCUT2D eigenvalue weighted by molar-refractivity contribution is 5.87. The molecule has 0 amide bonds. The van der Waals surface area contributed by atoms with Crippen LogP contribution in [0.25, 0.3) is 0 Å². The molecular weight excluding hydrogens is 496 g/mol. The average molecular weight is 539 g/mol. The molecule has 0 radical (unpaired) electrons. The van der Waals surface area contributed by atoms with E-state index in [1.54, 1.807) is 0 Å². The molecule has 40 heavy (non-hydrogen) atoms. The van der Waals surface area contributed by atoms with Gasteiger partial charge in [0, 0.05) is 5.57 Å². The van der Waals surface area contributed by atoms with Crippen molar-refractivity contribution >= 4 is 5.97 Å². The lowest BCUT2D eigenvalue weighted by molar-refractivity contribution is -0.140. The zero-order chi connectivity index (χ0) is 28.4. The lowest BCUT2D eigenvalue weighted by atomic mass is 9.87. The van der Waals surface area contributed by atoms with E-state index in [9.17, 15) is 4.79 Å². The third kappa shape index (κ3) is 8.61. The highest BCUT2D eigenvalue weighted by Gasteiger charge is 2.32. The molecule has 1 heterocycles. The van der Waals surface area contributed by atoms with Crippen LogP contribution in [0.4, 0.5) is 0 Å². The minimum atomic E-state index is -0.252. The summed E-state index contributed by atoms with van der Waals surface area (Å²) in [6.07, 6.45) is 9.96. The molecule has 0 spiro atoms. The predicted octanol–water partition coefficient (Wildman–Crippen LogP) is 8.85. The van der Waals surface area contributed by atoms with E-state index in [0.29, 0.717) is 18.8 Å². The Morgan fingerprint density at radius 1 is 0.925 bits per heavy atom. The standard InChI is InChI=1S/C36H42O4/c1-27(13-11-15-28(2)35(37)39-26-31-18-9-6-10-19-31)14-12-21-36(4)22-20-32-24-33(23-29(3)34(32)40-36)38-25-30-16-7-5-8-17-30/h5-10,14-19,23-24H,11-13,20-22,25-26H2,1-4H3/b27-14+,28-15+/t36-/m1/s1. The summed E-state index contributed by atoms with van der Waals surface area (Å²) in [5.41, 5.74) is 6.33. The molecule has 4 nitrogen and oxygen atoms in total. The lowest BCUT2D eigenvalue weighted by Gasteiger charge is -2.37. The van der Waals surface area contributed by atoms with Gasteiger partial charge in [0.05, 0.1) is 0 Å². The van der Waals surface area contributed by atoms with E-state index < -0.39 is 0 Å². The van der Waals surface area contributed by atoms with E-state index in [2.05, 4.69) is 51.1 Å². The van der Waals surface area contributed by atoms with Crippen LogP contribution in [0, 0.1) is 6.92 Å². The van der Waals surface area contributed by atoms with Crippen LogP contribution in [0.3, 0.4) is 0 Å². The summed E-state index contributed by atoms with van der Waals surface area (Å²) in [6, 6.07) is 24.2. The van der Waals surface area contributed by atoms with Gasteiger partial charge in [0.25, 0.3) is 0 Å². The molecule has 3 aromatic rings. The van der Waals surface area contributed by atoms with Crippen molar-refractivity contribution in [3.05, 3.63) is 118 Å². The average Bonchev–Trinajstić information content (AvgIpc) is 2.96. The van der Waals surface area contributed by atoms with Gasteiger partial charge in [0.2, 0.25) is 0 Å². The van der Waals surface area contributed by atoms with Crippen LogP contribution in [-0.2, 0) is 29.2 Å². The number of carbonyl (C=O) groups is 1. The molecule has 3 aromatic carbocycles. The van der Waals surface area contributed by atoms with Gasteiger partial charge in [0.15, 0.2) is 0 Å². The van der Waals surface area contributed by atoms with Crippen molar-refractivity contribution in [3.63, 3.8) is 0 Å². The van der Waals surface area contributed by atoms with Crippen LogP contribution in [-0.4, -0.2) is 11.6 Å². The molecule has 0 fully saturated rings. The van der Waals surface area contributed by atoms with Gasteiger partial charge >= 0.3 is 5.97 Å². The van der Waals surface area contributed by atoms with Gasteiger partial charge in [-0.05, 0) is 101 Å². The number of benzene rings is 3.